The lowest BCUT2D eigenvalue weighted by Gasteiger charge is -2.23. The van der Waals surface area contributed by atoms with Gasteiger partial charge in [0.05, 0.1) is 6.42 Å². The van der Waals surface area contributed by atoms with E-state index in [1.54, 1.807) is 6.20 Å². The van der Waals surface area contributed by atoms with Crippen molar-refractivity contribution in [3.63, 3.8) is 0 Å². The molecule has 3 aromatic rings. The van der Waals surface area contributed by atoms with E-state index >= 15 is 0 Å². The predicted octanol–water partition coefficient (Wildman–Crippen LogP) is 3.97. The fourth-order valence-corrected chi connectivity index (χ4v) is 3.21. The second kappa shape index (κ2) is 6.44. The summed E-state index contributed by atoms with van der Waals surface area (Å²) in [6, 6.07) is 18.8. The summed E-state index contributed by atoms with van der Waals surface area (Å²) >= 11 is 0. The van der Waals surface area contributed by atoms with Crippen molar-refractivity contribution in [2.45, 2.75) is 31.8 Å². The van der Waals surface area contributed by atoms with Gasteiger partial charge in [-0.25, -0.2) is 0 Å². The third-order valence-corrected chi connectivity index (χ3v) is 4.61. The summed E-state index contributed by atoms with van der Waals surface area (Å²) in [4.78, 5) is 19.1. The molecule has 1 fully saturated rings. The average Bonchev–Trinajstić information content (AvgIpc) is 3.46. The van der Waals surface area contributed by atoms with Gasteiger partial charge in [0.25, 0.3) is 0 Å². The Balaban J connectivity index is 1.57. The molecule has 0 N–H and O–H groups in total. The first kappa shape index (κ1) is 14.9. The maximum Gasteiger partial charge on any atom is 0.227 e. The van der Waals surface area contributed by atoms with Crippen molar-refractivity contribution < 1.29 is 4.79 Å². The number of rotatable bonds is 5. The predicted molar refractivity (Wildman–Crippen MR) is 95.5 cm³/mol. The van der Waals surface area contributed by atoms with E-state index in [4.69, 9.17) is 0 Å². The minimum atomic E-state index is 0.206. The first-order valence-corrected chi connectivity index (χ1v) is 8.46. The van der Waals surface area contributed by atoms with Crippen LogP contribution in [-0.4, -0.2) is 21.8 Å². The minimum absolute atomic E-state index is 0.206. The van der Waals surface area contributed by atoms with Gasteiger partial charge < -0.3 is 4.90 Å². The highest BCUT2D eigenvalue weighted by Gasteiger charge is 2.32. The van der Waals surface area contributed by atoms with Crippen LogP contribution in [0.25, 0.3) is 10.8 Å². The van der Waals surface area contributed by atoms with E-state index in [0.29, 0.717) is 19.0 Å². The van der Waals surface area contributed by atoms with Crippen molar-refractivity contribution in [1.82, 2.24) is 9.88 Å². The molecule has 0 bridgehead atoms. The highest BCUT2D eigenvalue weighted by Crippen LogP contribution is 2.29. The molecule has 1 heterocycles. The Morgan fingerprint density at radius 3 is 2.67 bits per heavy atom. The molecule has 1 saturated carbocycles. The quantitative estimate of drug-likeness (QED) is 0.713. The lowest BCUT2D eigenvalue weighted by atomic mass is 10.0. The molecule has 3 heteroatoms. The summed E-state index contributed by atoms with van der Waals surface area (Å²) in [6.07, 6.45) is 6.30. The Morgan fingerprint density at radius 2 is 1.88 bits per heavy atom. The number of amides is 1. The van der Waals surface area contributed by atoms with Gasteiger partial charge in [0.15, 0.2) is 0 Å². The third-order valence-electron chi connectivity index (χ3n) is 4.61. The molecule has 0 atom stereocenters. The average molecular weight is 316 g/mol. The van der Waals surface area contributed by atoms with Gasteiger partial charge in [-0.1, -0.05) is 48.5 Å². The number of benzene rings is 2. The first-order valence-electron chi connectivity index (χ1n) is 8.46. The van der Waals surface area contributed by atoms with E-state index in [2.05, 4.69) is 29.2 Å². The summed E-state index contributed by atoms with van der Waals surface area (Å²) in [5, 5.41) is 2.36. The van der Waals surface area contributed by atoms with Gasteiger partial charge in [-0.2, -0.15) is 0 Å². The molecule has 1 amide bonds. The molecule has 1 aliphatic carbocycles. The topological polar surface area (TPSA) is 33.2 Å². The van der Waals surface area contributed by atoms with Gasteiger partial charge in [-0.15, -0.1) is 0 Å². The molecule has 0 spiro atoms. The Hall–Kier alpha value is -2.68. The van der Waals surface area contributed by atoms with Crippen molar-refractivity contribution >= 4 is 16.7 Å². The number of pyridine rings is 1. The summed E-state index contributed by atoms with van der Waals surface area (Å²) in [7, 11) is 0. The Bertz CT molecular complexity index is 851. The molecule has 4 rings (SSSR count). The second-order valence-electron chi connectivity index (χ2n) is 6.43. The molecule has 24 heavy (non-hydrogen) atoms. The van der Waals surface area contributed by atoms with Gasteiger partial charge in [0, 0.05) is 25.0 Å². The molecule has 1 aliphatic rings. The highest BCUT2D eigenvalue weighted by atomic mass is 16.2. The van der Waals surface area contributed by atoms with Crippen LogP contribution < -0.4 is 0 Å². The molecular formula is C21H20N2O. The zero-order valence-electron chi connectivity index (χ0n) is 13.6. The molecule has 3 nitrogen and oxygen atoms in total. The van der Waals surface area contributed by atoms with Crippen LogP contribution in [0.3, 0.4) is 0 Å². The van der Waals surface area contributed by atoms with Crippen LogP contribution in [0.1, 0.15) is 24.0 Å². The highest BCUT2D eigenvalue weighted by molar-refractivity contribution is 5.90. The standard InChI is InChI=1S/C21H20N2O/c24-21(13-18-8-3-7-17-6-1-2-9-20(17)18)23(19-10-11-19)15-16-5-4-12-22-14-16/h1-9,12,14,19H,10-11,13,15H2. The normalized spacial score (nSPS) is 13.8. The number of nitrogens with zero attached hydrogens (tertiary/aromatic N) is 2. The fraction of sp³-hybridized carbons (Fsp3) is 0.238. The van der Waals surface area contributed by atoms with Crippen LogP contribution >= 0.6 is 0 Å². The first-order chi connectivity index (χ1) is 11.8. The Morgan fingerprint density at radius 1 is 1.04 bits per heavy atom. The van der Waals surface area contributed by atoms with Crippen LogP contribution in [0.4, 0.5) is 0 Å². The summed E-state index contributed by atoms with van der Waals surface area (Å²) in [5.74, 6) is 0.206. The molecule has 1 aromatic heterocycles. The van der Waals surface area contributed by atoms with Crippen molar-refractivity contribution in [1.29, 1.82) is 0 Å². The number of hydrogen-bond donors (Lipinski definition) is 0. The van der Waals surface area contributed by atoms with Gasteiger partial charge in [0.2, 0.25) is 5.91 Å². The number of carbonyl (C=O) groups is 1. The van der Waals surface area contributed by atoms with E-state index in [1.807, 2.05) is 41.4 Å². The molecule has 120 valence electrons. The fourth-order valence-electron chi connectivity index (χ4n) is 3.21. The summed E-state index contributed by atoms with van der Waals surface area (Å²) in [6.45, 7) is 0.655. The molecule has 0 aliphatic heterocycles. The summed E-state index contributed by atoms with van der Waals surface area (Å²) < 4.78 is 0. The zero-order chi connectivity index (χ0) is 16.4. The maximum absolute atomic E-state index is 12.9. The van der Waals surface area contributed by atoms with Gasteiger partial charge in [0.1, 0.15) is 0 Å². The number of fused-ring (bicyclic) bond motifs is 1. The Labute approximate surface area is 141 Å². The zero-order valence-corrected chi connectivity index (χ0v) is 13.6. The number of carbonyl (C=O) groups excluding carboxylic acids is 1. The molecule has 0 saturated heterocycles. The third kappa shape index (κ3) is 3.16. The second-order valence-corrected chi connectivity index (χ2v) is 6.43. The lowest BCUT2D eigenvalue weighted by molar-refractivity contribution is -0.131. The molecule has 0 unspecified atom stereocenters. The maximum atomic E-state index is 12.9. The largest absolute Gasteiger partial charge is 0.335 e. The van der Waals surface area contributed by atoms with Crippen LogP contribution in [-0.2, 0) is 17.8 Å². The van der Waals surface area contributed by atoms with Gasteiger partial charge >= 0.3 is 0 Å². The van der Waals surface area contributed by atoms with E-state index < -0.39 is 0 Å². The van der Waals surface area contributed by atoms with E-state index in [-0.39, 0.29) is 5.91 Å². The van der Waals surface area contributed by atoms with Crippen LogP contribution in [0.15, 0.2) is 67.0 Å². The molecule has 2 aromatic carbocycles. The summed E-state index contributed by atoms with van der Waals surface area (Å²) in [5.41, 5.74) is 2.20. The number of aromatic nitrogens is 1. The van der Waals surface area contributed by atoms with Crippen molar-refractivity contribution in [2.24, 2.45) is 0 Å². The van der Waals surface area contributed by atoms with Crippen molar-refractivity contribution in [3.05, 3.63) is 78.1 Å². The van der Waals surface area contributed by atoms with E-state index in [1.165, 1.54) is 10.8 Å². The number of hydrogen-bond acceptors (Lipinski definition) is 2. The Kier molecular flexibility index (Phi) is 3.99. The van der Waals surface area contributed by atoms with Crippen LogP contribution in [0.5, 0.6) is 0 Å². The van der Waals surface area contributed by atoms with E-state index in [9.17, 15) is 4.79 Å². The van der Waals surface area contributed by atoms with Crippen LogP contribution in [0.2, 0.25) is 0 Å². The lowest BCUT2D eigenvalue weighted by Crippen LogP contribution is -2.33. The van der Waals surface area contributed by atoms with Crippen LogP contribution in [0, 0.1) is 0 Å². The monoisotopic (exact) mass is 316 g/mol. The SMILES string of the molecule is O=C(Cc1cccc2ccccc12)N(Cc1cccnc1)C1CC1. The van der Waals surface area contributed by atoms with Crippen molar-refractivity contribution in [2.75, 3.05) is 0 Å². The van der Waals surface area contributed by atoms with Gasteiger partial charge in [-0.3, -0.25) is 9.78 Å². The molecular weight excluding hydrogens is 296 g/mol. The van der Waals surface area contributed by atoms with Gasteiger partial charge in [-0.05, 0) is 40.8 Å². The van der Waals surface area contributed by atoms with Crippen molar-refractivity contribution in [3.8, 4) is 0 Å². The van der Waals surface area contributed by atoms with E-state index in [0.717, 1.165) is 24.0 Å². The molecule has 0 radical (unpaired) electrons. The smallest absolute Gasteiger partial charge is 0.227 e. The minimum Gasteiger partial charge on any atom is -0.335 e.